The van der Waals surface area contributed by atoms with Crippen molar-refractivity contribution in [3.8, 4) is 0 Å². The fraction of sp³-hybridized carbons (Fsp3) is 0.267. The summed E-state index contributed by atoms with van der Waals surface area (Å²) in [6.45, 7) is 1.97. The van der Waals surface area contributed by atoms with Crippen molar-refractivity contribution < 1.29 is 4.79 Å². The van der Waals surface area contributed by atoms with Gasteiger partial charge in [-0.05, 0) is 5.56 Å². The Kier molecular flexibility index (Phi) is 5.56. The molecule has 0 aliphatic heterocycles. The van der Waals surface area contributed by atoms with Crippen molar-refractivity contribution in [2.45, 2.75) is 25.7 Å². The van der Waals surface area contributed by atoms with E-state index in [4.69, 9.17) is 0 Å². The van der Waals surface area contributed by atoms with Gasteiger partial charge in [-0.25, -0.2) is 15.3 Å². The van der Waals surface area contributed by atoms with Gasteiger partial charge in [0.2, 0.25) is 5.91 Å². The fourth-order valence-corrected chi connectivity index (χ4v) is 1.89. The second kappa shape index (κ2) is 7.83. The van der Waals surface area contributed by atoms with Gasteiger partial charge in [-0.3, -0.25) is 14.6 Å². The summed E-state index contributed by atoms with van der Waals surface area (Å²) in [4.78, 5) is 36.0. The predicted molar refractivity (Wildman–Crippen MR) is 85.3 cm³/mol. The third-order valence-electron chi connectivity index (χ3n) is 3.18. The molecule has 0 saturated heterocycles. The van der Waals surface area contributed by atoms with Crippen LogP contribution in [-0.4, -0.2) is 27.3 Å². The van der Waals surface area contributed by atoms with Crippen LogP contribution < -0.4 is 16.7 Å². The van der Waals surface area contributed by atoms with Crippen LogP contribution in [0.4, 0.5) is 0 Å². The molecule has 0 fully saturated rings. The highest BCUT2D eigenvalue weighted by atomic mass is 16.2. The lowest BCUT2D eigenvalue weighted by molar-refractivity contribution is -0.121. The van der Waals surface area contributed by atoms with Gasteiger partial charge < -0.3 is 0 Å². The highest BCUT2D eigenvalue weighted by Crippen LogP contribution is 2.11. The summed E-state index contributed by atoms with van der Waals surface area (Å²) in [5, 5.41) is 9.62. The van der Waals surface area contributed by atoms with E-state index in [1.165, 1.54) is 0 Å². The zero-order valence-corrected chi connectivity index (χ0v) is 12.6. The Morgan fingerprint density at radius 3 is 2.78 bits per heavy atom. The van der Waals surface area contributed by atoms with E-state index in [-0.39, 0.29) is 30.4 Å². The summed E-state index contributed by atoms with van der Waals surface area (Å²) in [7, 11) is 0. The summed E-state index contributed by atoms with van der Waals surface area (Å²) in [6, 6.07) is 9.76. The number of hydrazone groups is 1. The molecule has 0 aliphatic carbocycles. The third-order valence-corrected chi connectivity index (χ3v) is 3.18. The summed E-state index contributed by atoms with van der Waals surface area (Å²) in [5.74, 6) is -0.269. The predicted octanol–water partition coefficient (Wildman–Crippen LogP) is 0.297. The molecular formula is C15H17N5O3. The average Bonchev–Trinajstić information content (AvgIpc) is 2.54. The monoisotopic (exact) mass is 315 g/mol. The van der Waals surface area contributed by atoms with Crippen LogP contribution in [0.15, 0.2) is 45.0 Å². The van der Waals surface area contributed by atoms with Crippen LogP contribution >= 0.6 is 0 Å². The van der Waals surface area contributed by atoms with Crippen LogP contribution in [0.2, 0.25) is 0 Å². The molecule has 2 rings (SSSR count). The maximum Gasteiger partial charge on any atom is 0.342 e. The molecule has 0 spiro atoms. The molecule has 0 radical (unpaired) electrons. The van der Waals surface area contributed by atoms with Crippen molar-refractivity contribution in [2.24, 2.45) is 5.10 Å². The first-order valence-electron chi connectivity index (χ1n) is 7.11. The molecule has 1 heterocycles. The number of aromatic amines is 2. The lowest BCUT2D eigenvalue weighted by atomic mass is 10.0. The molecule has 3 N–H and O–H groups in total. The number of nitrogens with one attached hydrogen (secondary N) is 3. The molecule has 8 heteroatoms. The Morgan fingerprint density at radius 1 is 1.35 bits per heavy atom. The first-order chi connectivity index (χ1) is 11.1. The van der Waals surface area contributed by atoms with Crippen LogP contribution in [0.3, 0.4) is 0 Å². The second-order valence-corrected chi connectivity index (χ2v) is 4.97. The molecule has 1 aromatic carbocycles. The molecule has 120 valence electrons. The van der Waals surface area contributed by atoms with E-state index < -0.39 is 11.2 Å². The summed E-state index contributed by atoms with van der Waals surface area (Å²) >= 11 is 0. The van der Waals surface area contributed by atoms with Crippen LogP contribution in [-0.2, 0) is 11.2 Å². The molecule has 2 aromatic rings. The molecule has 0 unspecified atom stereocenters. The Balaban J connectivity index is 1.82. The molecular weight excluding hydrogens is 298 g/mol. The van der Waals surface area contributed by atoms with E-state index in [0.29, 0.717) is 0 Å². The Hall–Kier alpha value is -3.03. The van der Waals surface area contributed by atoms with Crippen molar-refractivity contribution in [3.05, 3.63) is 62.4 Å². The van der Waals surface area contributed by atoms with Crippen LogP contribution in [0, 0.1) is 0 Å². The van der Waals surface area contributed by atoms with Gasteiger partial charge in [-0.1, -0.05) is 37.3 Å². The normalized spacial score (nSPS) is 12.2. The minimum absolute atomic E-state index is 0.0409. The van der Waals surface area contributed by atoms with Gasteiger partial charge in [0.1, 0.15) is 5.69 Å². The third kappa shape index (κ3) is 5.03. The number of aryl methyl sites for hydroxylation is 1. The molecule has 0 aliphatic rings. The van der Waals surface area contributed by atoms with Gasteiger partial charge in [0.25, 0.3) is 5.56 Å². The van der Waals surface area contributed by atoms with Crippen molar-refractivity contribution in [1.82, 2.24) is 20.6 Å². The Labute approximate surface area is 131 Å². The van der Waals surface area contributed by atoms with Crippen LogP contribution in [0.5, 0.6) is 0 Å². The smallest absolute Gasteiger partial charge is 0.273 e. The number of rotatable bonds is 6. The number of hydrogen-bond donors (Lipinski definition) is 3. The first kappa shape index (κ1) is 16.3. The van der Waals surface area contributed by atoms with Crippen molar-refractivity contribution in [3.63, 3.8) is 0 Å². The quantitative estimate of drug-likeness (QED) is 0.524. The number of carbonyl (C=O) groups excluding carboxylic acids is 1. The molecule has 8 nitrogen and oxygen atoms in total. The maximum atomic E-state index is 11.7. The van der Waals surface area contributed by atoms with Gasteiger partial charge in [-0.2, -0.15) is 10.2 Å². The largest absolute Gasteiger partial charge is 0.342 e. The highest BCUT2D eigenvalue weighted by molar-refractivity contribution is 5.77. The summed E-state index contributed by atoms with van der Waals surface area (Å²) in [6.07, 6.45) is 1.79. The van der Waals surface area contributed by atoms with Gasteiger partial charge >= 0.3 is 5.69 Å². The lowest BCUT2D eigenvalue weighted by Gasteiger charge is -2.05. The lowest BCUT2D eigenvalue weighted by Crippen LogP contribution is -2.28. The van der Waals surface area contributed by atoms with Crippen molar-refractivity contribution in [2.75, 3.05) is 0 Å². The van der Waals surface area contributed by atoms with Gasteiger partial charge in [0, 0.05) is 25.0 Å². The van der Waals surface area contributed by atoms with Gasteiger partial charge in [0.05, 0.1) is 0 Å². The molecule has 0 bridgehead atoms. The number of benzene rings is 1. The fourth-order valence-electron chi connectivity index (χ4n) is 1.89. The topological polar surface area (TPSA) is 120 Å². The summed E-state index contributed by atoms with van der Waals surface area (Å²) < 4.78 is 0. The number of nitrogens with zero attached hydrogens (tertiary/aromatic N) is 2. The number of H-pyrrole nitrogens is 2. The van der Waals surface area contributed by atoms with Gasteiger partial charge in [0.15, 0.2) is 0 Å². The average molecular weight is 315 g/mol. The maximum absolute atomic E-state index is 11.7. The molecule has 1 aromatic heterocycles. The van der Waals surface area contributed by atoms with E-state index in [2.05, 4.69) is 20.7 Å². The standard InChI is InChI=1S/C15H17N5O3/c1-10(11-5-3-2-4-6-11)9-16-19-13(21)8-7-12-14(22)17-15(23)20-18-12/h2-6,9-10H,7-8H2,1H3,(H,19,21)(H2,17,20,22,23)/b16-9-/t10-/m0/s1. The minimum atomic E-state index is -0.678. The molecule has 1 amide bonds. The Bertz CT molecular complexity index is 795. The first-order valence-corrected chi connectivity index (χ1v) is 7.11. The van der Waals surface area contributed by atoms with Crippen molar-refractivity contribution in [1.29, 1.82) is 0 Å². The highest BCUT2D eigenvalue weighted by Gasteiger charge is 2.07. The minimum Gasteiger partial charge on any atom is -0.273 e. The number of aromatic nitrogens is 3. The number of hydrogen-bond acceptors (Lipinski definition) is 5. The summed E-state index contributed by atoms with van der Waals surface area (Å²) in [5.41, 5.74) is 2.32. The molecule has 1 atom stereocenters. The Morgan fingerprint density at radius 2 is 2.09 bits per heavy atom. The second-order valence-electron chi connectivity index (χ2n) is 4.97. The van der Waals surface area contributed by atoms with E-state index >= 15 is 0 Å². The SMILES string of the molecule is C[C@@H](/C=N\NC(=O)CCc1n[nH]c(=O)[nH]c1=O)c1ccccc1. The van der Waals surface area contributed by atoms with E-state index in [1.54, 1.807) is 6.21 Å². The van der Waals surface area contributed by atoms with E-state index in [0.717, 1.165) is 5.56 Å². The zero-order chi connectivity index (χ0) is 16.7. The zero-order valence-electron chi connectivity index (χ0n) is 12.6. The van der Waals surface area contributed by atoms with Crippen LogP contribution in [0.25, 0.3) is 0 Å². The van der Waals surface area contributed by atoms with E-state index in [1.807, 2.05) is 42.2 Å². The van der Waals surface area contributed by atoms with Crippen molar-refractivity contribution >= 4 is 12.1 Å². The van der Waals surface area contributed by atoms with E-state index in [9.17, 15) is 14.4 Å². The van der Waals surface area contributed by atoms with Crippen LogP contribution in [0.1, 0.15) is 30.5 Å². The number of carbonyl (C=O) groups is 1. The number of amides is 1. The molecule has 23 heavy (non-hydrogen) atoms. The molecule has 0 saturated carbocycles. The van der Waals surface area contributed by atoms with Gasteiger partial charge in [-0.15, -0.1) is 0 Å².